The van der Waals surface area contributed by atoms with E-state index in [0.29, 0.717) is 24.4 Å². The first-order valence-electron chi connectivity index (χ1n) is 6.91. The number of nitrogens with zero attached hydrogens (tertiary/aromatic N) is 2. The van der Waals surface area contributed by atoms with E-state index in [2.05, 4.69) is 10.3 Å². The molecule has 7 heteroatoms. The molecule has 0 spiro atoms. The first kappa shape index (κ1) is 14.2. The molecule has 0 atom stereocenters. The SMILES string of the molecule is O=C(NCc1ccc(F)cc1)c1nc2n(c(=O)c1O)CCC2. The molecular weight excluding hydrogens is 289 g/mol. The summed E-state index contributed by atoms with van der Waals surface area (Å²) < 4.78 is 14.2. The molecule has 3 rings (SSSR count). The molecule has 0 fully saturated rings. The zero-order valence-corrected chi connectivity index (χ0v) is 11.7. The minimum absolute atomic E-state index is 0.151. The van der Waals surface area contributed by atoms with Crippen molar-refractivity contribution in [3.05, 3.63) is 57.5 Å². The van der Waals surface area contributed by atoms with E-state index in [1.807, 2.05) is 0 Å². The number of aromatic hydroxyl groups is 1. The smallest absolute Gasteiger partial charge is 0.296 e. The molecule has 0 bridgehead atoms. The van der Waals surface area contributed by atoms with Gasteiger partial charge in [0.2, 0.25) is 5.75 Å². The van der Waals surface area contributed by atoms with Crippen LogP contribution >= 0.6 is 0 Å². The molecule has 1 aliphatic rings. The number of aryl methyl sites for hydroxylation is 1. The maximum atomic E-state index is 12.8. The summed E-state index contributed by atoms with van der Waals surface area (Å²) in [5, 5.41) is 12.4. The second kappa shape index (κ2) is 5.59. The second-order valence-electron chi connectivity index (χ2n) is 5.09. The summed E-state index contributed by atoms with van der Waals surface area (Å²) in [5.74, 6) is -1.12. The molecule has 6 nitrogen and oxygen atoms in total. The topological polar surface area (TPSA) is 84.2 Å². The Hall–Kier alpha value is -2.70. The van der Waals surface area contributed by atoms with Crippen LogP contribution in [0, 0.1) is 5.82 Å². The summed E-state index contributed by atoms with van der Waals surface area (Å²) >= 11 is 0. The molecule has 1 aromatic carbocycles. The molecule has 0 saturated heterocycles. The van der Waals surface area contributed by atoms with Gasteiger partial charge in [-0.3, -0.25) is 14.2 Å². The minimum Gasteiger partial charge on any atom is -0.501 e. The van der Waals surface area contributed by atoms with Crippen molar-refractivity contribution in [1.82, 2.24) is 14.9 Å². The van der Waals surface area contributed by atoms with Crippen molar-refractivity contribution in [2.24, 2.45) is 0 Å². The minimum atomic E-state index is -0.637. The van der Waals surface area contributed by atoms with Crippen molar-refractivity contribution in [3.8, 4) is 5.75 Å². The van der Waals surface area contributed by atoms with Gasteiger partial charge in [0.1, 0.15) is 11.6 Å². The highest BCUT2D eigenvalue weighted by Crippen LogP contribution is 2.15. The van der Waals surface area contributed by atoms with Gasteiger partial charge in [0, 0.05) is 19.5 Å². The molecule has 2 aromatic rings. The third-order valence-corrected chi connectivity index (χ3v) is 3.59. The number of carbonyl (C=O) groups excluding carboxylic acids is 1. The lowest BCUT2D eigenvalue weighted by Crippen LogP contribution is -2.29. The van der Waals surface area contributed by atoms with Crippen LogP contribution in [-0.2, 0) is 19.5 Å². The van der Waals surface area contributed by atoms with E-state index >= 15 is 0 Å². The number of carbonyl (C=O) groups is 1. The van der Waals surface area contributed by atoms with Crippen LogP contribution in [0.3, 0.4) is 0 Å². The first-order chi connectivity index (χ1) is 10.6. The van der Waals surface area contributed by atoms with Gasteiger partial charge in [-0.15, -0.1) is 0 Å². The third-order valence-electron chi connectivity index (χ3n) is 3.59. The Bertz CT molecular complexity index is 784. The first-order valence-corrected chi connectivity index (χ1v) is 6.91. The van der Waals surface area contributed by atoms with Gasteiger partial charge in [-0.1, -0.05) is 12.1 Å². The van der Waals surface area contributed by atoms with Crippen LogP contribution in [-0.4, -0.2) is 20.6 Å². The maximum Gasteiger partial charge on any atom is 0.296 e. The van der Waals surface area contributed by atoms with Gasteiger partial charge >= 0.3 is 0 Å². The highest BCUT2D eigenvalue weighted by molar-refractivity contribution is 5.94. The maximum absolute atomic E-state index is 12.8. The summed E-state index contributed by atoms with van der Waals surface area (Å²) in [6, 6.07) is 5.67. The molecule has 0 unspecified atom stereocenters. The quantitative estimate of drug-likeness (QED) is 0.884. The fourth-order valence-electron chi connectivity index (χ4n) is 2.43. The summed E-state index contributed by atoms with van der Waals surface area (Å²) in [6.07, 6.45) is 1.37. The average molecular weight is 303 g/mol. The zero-order chi connectivity index (χ0) is 15.7. The number of hydrogen-bond acceptors (Lipinski definition) is 4. The average Bonchev–Trinajstić information content (AvgIpc) is 2.98. The van der Waals surface area contributed by atoms with Crippen molar-refractivity contribution >= 4 is 5.91 Å². The van der Waals surface area contributed by atoms with Gasteiger partial charge < -0.3 is 10.4 Å². The van der Waals surface area contributed by atoms with Gasteiger partial charge in [0.05, 0.1) is 0 Å². The molecule has 1 aliphatic heterocycles. The Labute approximate surface area is 125 Å². The molecule has 2 heterocycles. The van der Waals surface area contributed by atoms with E-state index in [1.54, 1.807) is 12.1 Å². The third kappa shape index (κ3) is 2.57. The molecular formula is C15H14FN3O3. The molecule has 22 heavy (non-hydrogen) atoms. The number of amides is 1. The molecule has 1 aromatic heterocycles. The van der Waals surface area contributed by atoms with Gasteiger partial charge in [0.25, 0.3) is 11.5 Å². The van der Waals surface area contributed by atoms with Gasteiger partial charge in [-0.2, -0.15) is 0 Å². The van der Waals surface area contributed by atoms with Crippen LogP contribution in [0.4, 0.5) is 4.39 Å². The van der Waals surface area contributed by atoms with Gasteiger partial charge in [-0.25, -0.2) is 9.37 Å². The number of aromatic nitrogens is 2. The summed E-state index contributed by atoms with van der Waals surface area (Å²) in [7, 11) is 0. The number of rotatable bonds is 3. The lowest BCUT2D eigenvalue weighted by Gasteiger charge is -2.09. The highest BCUT2D eigenvalue weighted by Gasteiger charge is 2.23. The van der Waals surface area contributed by atoms with E-state index < -0.39 is 17.2 Å². The Balaban J connectivity index is 1.79. The number of fused-ring (bicyclic) bond motifs is 1. The number of hydrogen-bond donors (Lipinski definition) is 2. The lowest BCUT2D eigenvalue weighted by atomic mass is 10.2. The number of benzene rings is 1. The van der Waals surface area contributed by atoms with Crippen molar-refractivity contribution in [2.45, 2.75) is 25.9 Å². The van der Waals surface area contributed by atoms with Crippen LogP contribution in [0.5, 0.6) is 5.75 Å². The van der Waals surface area contributed by atoms with E-state index in [0.717, 1.165) is 6.42 Å². The van der Waals surface area contributed by atoms with Crippen LogP contribution in [0.15, 0.2) is 29.1 Å². The standard InChI is InChI=1S/C15H14FN3O3/c16-10-5-3-9(4-6-10)8-17-14(21)12-13(20)15(22)19-7-1-2-11(19)18-12/h3-6,20H,1-2,7-8H2,(H,17,21). The molecule has 0 aliphatic carbocycles. The van der Waals surface area contributed by atoms with Crippen LogP contribution in [0.1, 0.15) is 28.3 Å². The van der Waals surface area contributed by atoms with E-state index in [9.17, 15) is 19.1 Å². The van der Waals surface area contributed by atoms with E-state index in [4.69, 9.17) is 0 Å². The van der Waals surface area contributed by atoms with Crippen LogP contribution < -0.4 is 10.9 Å². The van der Waals surface area contributed by atoms with E-state index in [-0.39, 0.29) is 18.1 Å². The van der Waals surface area contributed by atoms with Crippen molar-refractivity contribution in [2.75, 3.05) is 0 Å². The molecule has 2 N–H and O–H groups in total. The van der Waals surface area contributed by atoms with Crippen LogP contribution in [0.2, 0.25) is 0 Å². The fourth-order valence-corrected chi connectivity index (χ4v) is 2.43. The Morgan fingerprint density at radius 2 is 2.09 bits per heavy atom. The predicted octanol–water partition coefficient (Wildman–Crippen LogP) is 0.964. The Morgan fingerprint density at radius 3 is 2.82 bits per heavy atom. The summed E-state index contributed by atoms with van der Waals surface area (Å²) in [6.45, 7) is 0.658. The Morgan fingerprint density at radius 1 is 1.36 bits per heavy atom. The number of halogens is 1. The molecule has 0 saturated carbocycles. The summed E-state index contributed by atoms with van der Waals surface area (Å²) in [4.78, 5) is 28.1. The largest absolute Gasteiger partial charge is 0.501 e. The van der Waals surface area contributed by atoms with Crippen LogP contribution in [0.25, 0.3) is 0 Å². The predicted molar refractivity (Wildman–Crippen MR) is 76.1 cm³/mol. The highest BCUT2D eigenvalue weighted by atomic mass is 19.1. The van der Waals surface area contributed by atoms with Crippen molar-refractivity contribution in [3.63, 3.8) is 0 Å². The monoisotopic (exact) mass is 303 g/mol. The lowest BCUT2D eigenvalue weighted by molar-refractivity contribution is 0.0942. The van der Waals surface area contributed by atoms with E-state index in [1.165, 1.54) is 16.7 Å². The van der Waals surface area contributed by atoms with Crippen molar-refractivity contribution < 1.29 is 14.3 Å². The zero-order valence-electron chi connectivity index (χ0n) is 11.7. The van der Waals surface area contributed by atoms with Gasteiger partial charge in [-0.05, 0) is 24.1 Å². The fraction of sp³-hybridized carbons (Fsp3) is 0.267. The molecule has 1 amide bonds. The van der Waals surface area contributed by atoms with Gasteiger partial charge in [0.15, 0.2) is 5.69 Å². The molecule has 0 radical (unpaired) electrons. The van der Waals surface area contributed by atoms with Crippen molar-refractivity contribution in [1.29, 1.82) is 0 Å². The summed E-state index contributed by atoms with van der Waals surface area (Å²) in [5.41, 5.74) is -0.151. The number of nitrogens with one attached hydrogen (secondary N) is 1. The Kier molecular flexibility index (Phi) is 3.62. The molecule has 114 valence electrons. The normalized spacial score (nSPS) is 13.0. The second-order valence-corrected chi connectivity index (χ2v) is 5.09.